The van der Waals surface area contributed by atoms with Crippen molar-refractivity contribution in [3.63, 3.8) is 0 Å². The van der Waals surface area contributed by atoms with Gasteiger partial charge in [-0.05, 0) is 63.2 Å². The van der Waals surface area contributed by atoms with Crippen molar-refractivity contribution in [2.24, 2.45) is 5.10 Å². The van der Waals surface area contributed by atoms with Crippen molar-refractivity contribution in [3.8, 4) is 11.4 Å². The summed E-state index contributed by atoms with van der Waals surface area (Å²) in [6, 6.07) is 15.7. The average molecular weight is 628 g/mol. The summed E-state index contributed by atoms with van der Waals surface area (Å²) in [4.78, 5) is 23.5. The van der Waals surface area contributed by atoms with Crippen molar-refractivity contribution < 1.29 is 27.3 Å². The number of aryl methyl sites for hydroxylation is 2. The normalized spacial score (nSPS) is 11.5. The van der Waals surface area contributed by atoms with Crippen molar-refractivity contribution in [1.29, 1.82) is 0 Å². The maximum atomic E-state index is 14.4. The Bertz CT molecular complexity index is 1860. The highest BCUT2D eigenvalue weighted by atomic mass is 35.5. The fraction of sp³-hybridized carbons (Fsp3) is 0.172. The van der Waals surface area contributed by atoms with Gasteiger partial charge in [-0.3, -0.25) is 19.2 Å². The van der Waals surface area contributed by atoms with E-state index in [4.69, 9.17) is 16.3 Å². The Morgan fingerprint density at radius 2 is 1.86 bits per heavy atom. The number of carbonyl (C=O) groups excluding carboxylic acids is 1. The SMILES string of the molecule is COc1ccc(Cl)cc1N(CC(=O)N/N=C\c1cc(C)n(-c2ccccc2F)c1C)S(=O)(=O)c1ccc(C)c([N+](=O)[O-])c1. The topological polar surface area (TPSA) is 136 Å². The highest BCUT2D eigenvalue weighted by Crippen LogP contribution is 2.35. The van der Waals surface area contributed by atoms with Crippen LogP contribution in [0.1, 0.15) is 22.5 Å². The van der Waals surface area contributed by atoms with Crippen LogP contribution in [0.15, 0.2) is 76.7 Å². The van der Waals surface area contributed by atoms with Crippen LogP contribution in [0.4, 0.5) is 15.8 Å². The number of para-hydroxylation sites is 1. The average Bonchev–Trinajstić information content (AvgIpc) is 3.24. The number of aromatic nitrogens is 1. The molecule has 1 amide bonds. The summed E-state index contributed by atoms with van der Waals surface area (Å²) >= 11 is 6.16. The molecule has 1 N–H and O–H groups in total. The molecule has 0 radical (unpaired) electrons. The van der Waals surface area contributed by atoms with Gasteiger partial charge in [0, 0.05) is 33.6 Å². The van der Waals surface area contributed by atoms with Gasteiger partial charge < -0.3 is 9.30 Å². The number of sulfonamides is 1. The van der Waals surface area contributed by atoms with E-state index in [1.165, 1.54) is 56.6 Å². The Kier molecular flexibility index (Phi) is 9.16. The summed E-state index contributed by atoms with van der Waals surface area (Å²) in [7, 11) is -3.24. The Labute approximate surface area is 252 Å². The van der Waals surface area contributed by atoms with E-state index >= 15 is 0 Å². The third-order valence-electron chi connectivity index (χ3n) is 6.62. The van der Waals surface area contributed by atoms with Crippen molar-refractivity contribution in [3.05, 3.63) is 110 Å². The second-order valence-corrected chi connectivity index (χ2v) is 11.7. The number of nitro groups is 1. The van der Waals surface area contributed by atoms with Crippen LogP contribution in [0.5, 0.6) is 5.75 Å². The fourth-order valence-electron chi connectivity index (χ4n) is 4.49. The molecule has 0 aliphatic carbocycles. The van der Waals surface area contributed by atoms with E-state index in [2.05, 4.69) is 10.5 Å². The minimum atomic E-state index is -4.55. The molecule has 0 saturated heterocycles. The molecular weight excluding hydrogens is 601 g/mol. The summed E-state index contributed by atoms with van der Waals surface area (Å²) in [6.45, 7) is 4.27. The van der Waals surface area contributed by atoms with Gasteiger partial charge in [-0.25, -0.2) is 18.2 Å². The zero-order chi connectivity index (χ0) is 31.5. The first-order valence-electron chi connectivity index (χ1n) is 12.7. The summed E-state index contributed by atoms with van der Waals surface area (Å²) < 4.78 is 49.9. The Morgan fingerprint density at radius 3 is 2.53 bits per heavy atom. The van der Waals surface area contributed by atoms with Gasteiger partial charge in [0.2, 0.25) is 0 Å². The number of hydrazone groups is 1. The quantitative estimate of drug-likeness (QED) is 0.141. The summed E-state index contributed by atoms with van der Waals surface area (Å²) in [6.07, 6.45) is 1.36. The molecule has 0 aliphatic rings. The number of nitrogens with zero attached hydrogens (tertiary/aromatic N) is 4. The van der Waals surface area contributed by atoms with E-state index in [1.54, 1.807) is 42.7 Å². The molecule has 0 aliphatic heterocycles. The minimum absolute atomic E-state index is 0.0641. The molecule has 0 saturated carbocycles. The van der Waals surface area contributed by atoms with E-state index in [0.717, 1.165) is 16.1 Å². The number of amides is 1. The summed E-state index contributed by atoms with van der Waals surface area (Å²) in [5.74, 6) is -1.14. The number of hydrogen-bond donors (Lipinski definition) is 1. The first-order valence-corrected chi connectivity index (χ1v) is 14.5. The molecule has 1 aromatic heterocycles. The smallest absolute Gasteiger partial charge is 0.273 e. The van der Waals surface area contributed by atoms with E-state index in [0.29, 0.717) is 16.9 Å². The van der Waals surface area contributed by atoms with Crippen LogP contribution >= 0.6 is 11.6 Å². The molecular formula is C29H27ClFN5O6S. The molecule has 0 atom stereocenters. The number of halogens is 2. The van der Waals surface area contributed by atoms with E-state index in [1.807, 2.05) is 0 Å². The van der Waals surface area contributed by atoms with E-state index in [-0.39, 0.29) is 22.0 Å². The van der Waals surface area contributed by atoms with Gasteiger partial charge in [-0.2, -0.15) is 5.10 Å². The van der Waals surface area contributed by atoms with Crippen LogP contribution in [0.25, 0.3) is 5.69 Å². The van der Waals surface area contributed by atoms with Gasteiger partial charge in [0.1, 0.15) is 18.1 Å². The number of nitro benzene ring substituents is 1. The largest absolute Gasteiger partial charge is 0.495 e. The molecule has 4 rings (SSSR count). The molecule has 11 nitrogen and oxygen atoms in total. The molecule has 3 aromatic carbocycles. The first kappa shape index (κ1) is 31.2. The van der Waals surface area contributed by atoms with Crippen LogP contribution < -0.4 is 14.5 Å². The minimum Gasteiger partial charge on any atom is -0.495 e. The van der Waals surface area contributed by atoms with Crippen molar-refractivity contribution in [2.75, 3.05) is 18.0 Å². The van der Waals surface area contributed by atoms with E-state index < -0.39 is 43.8 Å². The maximum Gasteiger partial charge on any atom is 0.273 e. The zero-order valence-corrected chi connectivity index (χ0v) is 25.1. The Morgan fingerprint density at radius 1 is 1.14 bits per heavy atom. The third-order valence-corrected chi connectivity index (χ3v) is 8.61. The van der Waals surface area contributed by atoms with Gasteiger partial charge >= 0.3 is 0 Å². The molecule has 4 aromatic rings. The van der Waals surface area contributed by atoms with Crippen molar-refractivity contribution >= 4 is 45.1 Å². The maximum absolute atomic E-state index is 14.4. The van der Waals surface area contributed by atoms with Gasteiger partial charge in [0.05, 0.1) is 34.5 Å². The molecule has 0 fully saturated rings. The van der Waals surface area contributed by atoms with Crippen LogP contribution in [0.2, 0.25) is 5.02 Å². The lowest BCUT2D eigenvalue weighted by Crippen LogP contribution is -2.39. The number of benzene rings is 3. The molecule has 0 spiro atoms. The van der Waals surface area contributed by atoms with Crippen LogP contribution in [-0.4, -0.2) is 43.7 Å². The number of carbonyl (C=O) groups is 1. The van der Waals surface area contributed by atoms with Crippen LogP contribution in [0.3, 0.4) is 0 Å². The number of nitrogens with one attached hydrogen (secondary N) is 1. The first-order chi connectivity index (χ1) is 20.3. The highest BCUT2D eigenvalue weighted by Gasteiger charge is 2.31. The fourth-order valence-corrected chi connectivity index (χ4v) is 6.10. The number of ether oxygens (including phenoxy) is 1. The molecule has 0 bridgehead atoms. The second kappa shape index (κ2) is 12.6. The predicted molar refractivity (Wildman–Crippen MR) is 161 cm³/mol. The standard InChI is InChI=1S/C29H27ClFN5O6S/c1-18-9-11-23(15-26(18)36(38)39)43(40,41)34(27-14-22(30)10-12-28(27)42-4)17-29(37)33-32-16-21-13-19(2)35(20(21)3)25-8-6-5-7-24(25)31/h5-16H,17H2,1-4H3,(H,33,37)/b32-16-. The number of anilines is 1. The van der Waals surface area contributed by atoms with Crippen LogP contribution in [-0.2, 0) is 14.8 Å². The number of rotatable bonds is 10. The van der Waals surface area contributed by atoms with E-state index in [9.17, 15) is 27.7 Å². The summed E-state index contributed by atoms with van der Waals surface area (Å²) in [5.41, 5.74) is 4.45. The van der Waals surface area contributed by atoms with Gasteiger partial charge in [0.15, 0.2) is 0 Å². The third kappa shape index (κ3) is 6.52. The molecule has 43 heavy (non-hydrogen) atoms. The molecule has 0 unspecified atom stereocenters. The van der Waals surface area contributed by atoms with Crippen molar-refractivity contribution in [2.45, 2.75) is 25.7 Å². The van der Waals surface area contributed by atoms with Crippen molar-refractivity contribution in [1.82, 2.24) is 9.99 Å². The van der Waals surface area contributed by atoms with Gasteiger partial charge in [0.25, 0.3) is 21.6 Å². The zero-order valence-electron chi connectivity index (χ0n) is 23.5. The van der Waals surface area contributed by atoms with Gasteiger partial charge in [-0.15, -0.1) is 0 Å². The summed E-state index contributed by atoms with van der Waals surface area (Å²) in [5, 5.41) is 15.6. The Balaban J connectivity index is 1.66. The van der Waals surface area contributed by atoms with Crippen LogP contribution in [0, 0.1) is 36.7 Å². The predicted octanol–water partition coefficient (Wildman–Crippen LogP) is 5.46. The number of methoxy groups -OCH3 is 1. The molecule has 1 heterocycles. The molecule has 14 heteroatoms. The van der Waals surface area contributed by atoms with Gasteiger partial charge in [-0.1, -0.05) is 29.8 Å². The highest BCUT2D eigenvalue weighted by molar-refractivity contribution is 7.92. The second-order valence-electron chi connectivity index (χ2n) is 9.44. The number of hydrogen-bond acceptors (Lipinski definition) is 7. The Hall–Kier alpha value is -4.75. The lowest BCUT2D eigenvalue weighted by atomic mass is 10.2. The lowest BCUT2D eigenvalue weighted by molar-refractivity contribution is -0.385. The monoisotopic (exact) mass is 627 g/mol. The molecule has 224 valence electrons. The lowest BCUT2D eigenvalue weighted by Gasteiger charge is -2.25.